The van der Waals surface area contributed by atoms with Gasteiger partial charge in [0.2, 0.25) is 0 Å². The van der Waals surface area contributed by atoms with E-state index in [2.05, 4.69) is 52.7 Å². The molecule has 2 aromatic heterocycles. The number of nitrogens with one attached hydrogen (secondary N) is 1. The van der Waals surface area contributed by atoms with E-state index in [1.165, 1.54) is 16.8 Å². The van der Waals surface area contributed by atoms with E-state index in [1.807, 2.05) is 23.9 Å². The zero-order valence-electron chi connectivity index (χ0n) is 12.0. The van der Waals surface area contributed by atoms with Crippen molar-refractivity contribution >= 4 is 5.69 Å². The lowest BCUT2D eigenvalue weighted by Crippen LogP contribution is -2.26. The molecular weight excluding hydrogens is 260 g/mol. The number of aromatic nitrogens is 3. The van der Waals surface area contributed by atoms with Crippen LogP contribution in [0.5, 0.6) is 0 Å². The Hall–Kier alpha value is -2.62. The Morgan fingerprint density at radius 2 is 2.05 bits per heavy atom. The molecule has 1 unspecified atom stereocenters. The van der Waals surface area contributed by atoms with Crippen LogP contribution in [-0.2, 0) is 0 Å². The summed E-state index contributed by atoms with van der Waals surface area (Å²) in [6.45, 7) is 4.16. The number of hydrogen-bond donors (Lipinski definition) is 1. The quantitative estimate of drug-likeness (QED) is 0.739. The highest BCUT2D eigenvalue weighted by Crippen LogP contribution is 2.39. The summed E-state index contributed by atoms with van der Waals surface area (Å²) in [5, 5.41) is 8.28. The van der Waals surface area contributed by atoms with E-state index in [4.69, 9.17) is 0 Å². The third-order valence-corrected chi connectivity index (χ3v) is 3.93. The second-order valence-corrected chi connectivity index (χ2v) is 5.45. The monoisotopic (exact) mass is 276 g/mol. The van der Waals surface area contributed by atoms with Crippen molar-refractivity contribution in [3.8, 4) is 11.3 Å². The van der Waals surface area contributed by atoms with E-state index < -0.39 is 0 Å². The predicted octanol–water partition coefficient (Wildman–Crippen LogP) is 3.53. The third-order valence-electron chi connectivity index (χ3n) is 3.93. The molecule has 3 heterocycles. The molecule has 104 valence electrons. The van der Waals surface area contributed by atoms with Crippen molar-refractivity contribution in [2.24, 2.45) is 0 Å². The highest BCUT2D eigenvalue weighted by molar-refractivity contribution is 5.81. The van der Waals surface area contributed by atoms with Crippen molar-refractivity contribution in [1.82, 2.24) is 14.8 Å². The Bertz CT molecular complexity index is 805. The van der Waals surface area contributed by atoms with E-state index in [1.54, 1.807) is 6.20 Å². The van der Waals surface area contributed by atoms with Gasteiger partial charge in [0.15, 0.2) is 0 Å². The average molecular weight is 276 g/mol. The molecule has 0 aliphatic carbocycles. The van der Waals surface area contributed by atoms with Crippen molar-refractivity contribution < 1.29 is 0 Å². The molecule has 0 saturated carbocycles. The molecule has 1 N–H and O–H groups in total. The van der Waals surface area contributed by atoms with Gasteiger partial charge in [-0.05, 0) is 31.5 Å². The highest BCUT2D eigenvalue weighted by atomic mass is 15.4. The van der Waals surface area contributed by atoms with Crippen LogP contribution < -0.4 is 5.32 Å². The number of aryl methyl sites for hydroxylation is 2. The molecule has 1 aliphatic heterocycles. The molecule has 0 saturated heterocycles. The minimum absolute atomic E-state index is 0.0176. The van der Waals surface area contributed by atoms with Gasteiger partial charge in [-0.2, -0.15) is 5.10 Å². The largest absolute Gasteiger partial charge is 0.359 e. The molecular formula is C17H16N4. The van der Waals surface area contributed by atoms with Crippen molar-refractivity contribution in [2.75, 3.05) is 5.32 Å². The number of rotatable bonds is 1. The molecule has 0 fully saturated rings. The van der Waals surface area contributed by atoms with Crippen LogP contribution in [-0.4, -0.2) is 14.8 Å². The van der Waals surface area contributed by atoms with E-state index in [9.17, 15) is 0 Å². The normalized spacial score (nSPS) is 16.0. The van der Waals surface area contributed by atoms with Crippen LogP contribution in [0.3, 0.4) is 0 Å². The van der Waals surface area contributed by atoms with Gasteiger partial charge >= 0.3 is 0 Å². The van der Waals surface area contributed by atoms with Crippen LogP contribution in [0.15, 0.2) is 48.8 Å². The molecule has 3 aromatic rings. The molecule has 0 amide bonds. The maximum Gasteiger partial charge on any atom is 0.148 e. The third kappa shape index (κ3) is 1.83. The van der Waals surface area contributed by atoms with Gasteiger partial charge in [-0.25, -0.2) is 4.68 Å². The topological polar surface area (TPSA) is 42.7 Å². The smallest absolute Gasteiger partial charge is 0.148 e. The number of pyridine rings is 1. The van der Waals surface area contributed by atoms with Crippen LogP contribution in [0.4, 0.5) is 5.69 Å². The maximum absolute atomic E-state index is 4.66. The van der Waals surface area contributed by atoms with E-state index >= 15 is 0 Å². The lowest BCUT2D eigenvalue weighted by atomic mass is 10.0. The highest BCUT2D eigenvalue weighted by Gasteiger charge is 2.27. The minimum atomic E-state index is -0.0176. The summed E-state index contributed by atoms with van der Waals surface area (Å²) in [5.74, 6) is 0. The average Bonchev–Trinajstić information content (AvgIpc) is 2.89. The zero-order valence-corrected chi connectivity index (χ0v) is 12.0. The molecule has 4 rings (SSSR count). The van der Waals surface area contributed by atoms with Gasteiger partial charge in [-0.15, -0.1) is 0 Å². The van der Waals surface area contributed by atoms with Crippen molar-refractivity contribution in [3.63, 3.8) is 0 Å². The first kappa shape index (κ1) is 12.1. The van der Waals surface area contributed by atoms with Crippen LogP contribution in [0.25, 0.3) is 11.3 Å². The molecule has 0 bridgehead atoms. The zero-order chi connectivity index (χ0) is 14.4. The number of benzene rings is 1. The summed E-state index contributed by atoms with van der Waals surface area (Å²) in [5.41, 5.74) is 6.91. The summed E-state index contributed by atoms with van der Waals surface area (Å²) in [7, 11) is 0. The molecule has 4 nitrogen and oxygen atoms in total. The Morgan fingerprint density at radius 3 is 2.86 bits per heavy atom. The first-order chi connectivity index (χ1) is 10.2. The Balaban J connectivity index is 1.95. The van der Waals surface area contributed by atoms with Gasteiger partial charge in [-0.3, -0.25) is 4.98 Å². The second-order valence-electron chi connectivity index (χ2n) is 5.45. The summed E-state index contributed by atoms with van der Waals surface area (Å²) < 4.78 is 2.05. The molecule has 0 radical (unpaired) electrons. The van der Waals surface area contributed by atoms with Crippen molar-refractivity contribution in [1.29, 1.82) is 0 Å². The lowest BCUT2D eigenvalue weighted by molar-refractivity contribution is 0.569. The Labute approximate surface area is 123 Å². The van der Waals surface area contributed by atoms with Gasteiger partial charge in [0, 0.05) is 29.2 Å². The summed E-state index contributed by atoms with van der Waals surface area (Å²) >= 11 is 0. The standard InChI is InChI=1S/C17H16N4/c1-11-5-3-7-14-15-9-12(2)20-21(15)17(19-16(11)14)13-6-4-8-18-10-13/h3-10,17,19H,1-2H3. The summed E-state index contributed by atoms with van der Waals surface area (Å²) in [6, 6.07) is 12.5. The maximum atomic E-state index is 4.66. The number of hydrogen-bond acceptors (Lipinski definition) is 3. The molecule has 1 aromatic carbocycles. The van der Waals surface area contributed by atoms with Crippen molar-refractivity contribution in [2.45, 2.75) is 20.0 Å². The molecule has 4 heteroatoms. The fourth-order valence-corrected chi connectivity index (χ4v) is 2.95. The predicted molar refractivity (Wildman–Crippen MR) is 83.1 cm³/mol. The van der Waals surface area contributed by atoms with E-state index in [-0.39, 0.29) is 6.17 Å². The number of fused-ring (bicyclic) bond motifs is 3. The second kappa shape index (κ2) is 4.45. The fourth-order valence-electron chi connectivity index (χ4n) is 2.95. The van der Waals surface area contributed by atoms with Crippen LogP contribution in [0.2, 0.25) is 0 Å². The van der Waals surface area contributed by atoms with Gasteiger partial charge in [0.05, 0.1) is 11.4 Å². The van der Waals surface area contributed by atoms with E-state index in [0.717, 1.165) is 17.0 Å². The van der Waals surface area contributed by atoms with Crippen LogP contribution in [0.1, 0.15) is 23.0 Å². The van der Waals surface area contributed by atoms with E-state index in [0.29, 0.717) is 0 Å². The Kier molecular flexibility index (Phi) is 2.57. The minimum Gasteiger partial charge on any atom is -0.359 e. The lowest BCUT2D eigenvalue weighted by Gasteiger charge is -2.30. The SMILES string of the molecule is Cc1cc2n(n1)C(c1cccnc1)Nc1c(C)cccc1-2. The number of nitrogens with zero attached hydrogens (tertiary/aromatic N) is 3. The molecule has 1 atom stereocenters. The first-order valence-corrected chi connectivity index (χ1v) is 7.06. The van der Waals surface area contributed by atoms with Gasteiger partial charge < -0.3 is 5.32 Å². The van der Waals surface area contributed by atoms with Gasteiger partial charge in [-0.1, -0.05) is 24.3 Å². The Morgan fingerprint density at radius 1 is 1.14 bits per heavy atom. The fraction of sp³-hybridized carbons (Fsp3) is 0.176. The van der Waals surface area contributed by atoms with Crippen molar-refractivity contribution in [3.05, 3.63) is 65.6 Å². The number of para-hydroxylation sites is 1. The first-order valence-electron chi connectivity index (χ1n) is 7.06. The van der Waals surface area contributed by atoms with Crippen LogP contribution >= 0.6 is 0 Å². The summed E-state index contributed by atoms with van der Waals surface area (Å²) in [6.07, 6.45) is 3.67. The van der Waals surface area contributed by atoms with Gasteiger partial charge in [0.25, 0.3) is 0 Å². The van der Waals surface area contributed by atoms with Gasteiger partial charge in [0.1, 0.15) is 6.17 Å². The number of anilines is 1. The molecule has 0 spiro atoms. The molecule has 1 aliphatic rings. The molecule has 21 heavy (non-hydrogen) atoms. The van der Waals surface area contributed by atoms with Crippen LogP contribution in [0, 0.1) is 13.8 Å². The summed E-state index contributed by atoms with van der Waals surface area (Å²) in [4.78, 5) is 4.24.